The highest BCUT2D eigenvalue weighted by atomic mass is 16.5. The molecule has 0 amide bonds. The van der Waals surface area contributed by atoms with Crippen LogP contribution in [0.15, 0.2) is 18.3 Å². The summed E-state index contributed by atoms with van der Waals surface area (Å²) in [6.45, 7) is 10.7. The zero-order valence-corrected chi connectivity index (χ0v) is 12.1. The Morgan fingerprint density at radius 2 is 2.17 bits per heavy atom. The molecule has 18 heavy (non-hydrogen) atoms. The van der Waals surface area contributed by atoms with Gasteiger partial charge in [0, 0.05) is 31.0 Å². The largest absolute Gasteiger partial charge is 0.383 e. The van der Waals surface area contributed by atoms with E-state index in [-0.39, 0.29) is 11.5 Å². The van der Waals surface area contributed by atoms with Gasteiger partial charge in [-0.2, -0.15) is 0 Å². The van der Waals surface area contributed by atoms with Crippen molar-refractivity contribution in [1.29, 1.82) is 0 Å². The van der Waals surface area contributed by atoms with Gasteiger partial charge in [0.25, 0.3) is 0 Å². The van der Waals surface area contributed by atoms with E-state index in [9.17, 15) is 0 Å². The van der Waals surface area contributed by atoms with Crippen LogP contribution in [0.4, 0.5) is 0 Å². The maximum Gasteiger partial charge on any atom is 0.105 e. The lowest BCUT2D eigenvalue weighted by atomic mass is 9.70. The molecule has 1 aromatic rings. The fourth-order valence-electron chi connectivity index (χ4n) is 3.10. The van der Waals surface area contributed by atoms with E-state index in [1.165, 1.54) is 5.69 Å². The smallest absolute Gasteiger partial charge is 0.105 e. The molecule has 2 rings (SSSR count). The van der Waals surface area contributed by atoms with Crippen molar-refractivity contribution in [2.45, 2.75) is 46.4 Å². The number of rotatable bonds is 5. The van der Waals surface area contributed by atoms with Gasteiger partial charge in [0.05, 0.1) is 12.7 Å². The van der Waals surface area contributed by atoms with Crippen LogP contribution in [0.3, 0.4) is 0 Å². The first-order valence-corrected chi connectivity index (χ1v) is 6.78. The summed E-state index contributed by atoms with van der Waals surface area (Å²) in [5.41, 5.74) is 1.48. The van der Waals surface area contributed by atoms with E-state index in [1.54, 1.807) is 7.11 Å². The summed E-state index contributed by atoms with van der Waals surface area (Å²) >= 11 is 0. The molecule has 2 heterocycles. The van der Waals surface area contributed by atoms with Crippen molar-refractivity contribution >= 4 is 0 Å². The molecule has 1 fully saturated rings. The van der Waals surface area contributed by atoms with E-state index >= 15 is 0 Å². The van der Waals surface area contributed by atoms with Crippen LogP contribution < -0.4 is 0 Å². The summed E-state index contributed by atoms with van der Waals surface area (Å²) in [5.74, 6) is 0.568. The molecule has 0 N–H and O–H groups in total. The normalized spacial score (nSPS) is 26.3. The molecule has 102 valence electrons. The fraction of sp³-hybridized carbons (Fsp3) is 0.733. The first-order chi connectivity index (χ1) is 8.48. The minimum Gasteiger partial charge on any atom is -0.383 e. The van der Waals surface area contributed by atoms with Crippen LogP contribution in [0.5, 0.6) is 0 Å². The molecule has 3 heteroatoms. The van der Waals surface area contributed by atoms with E-state index in [0.29, 0.717) is 12.0 Å². The molecule has 1 aliphatic heterocycles. The van der Waals surface area contributed by atoms with Crippen molar-refractivity contribution in [3.63, 3.8) is 0 Å². The topological polar surface area (TPSA) is 23.4 Å². The highest BCUT2D eigenvalue weighted by Crippen LogP contribution is 2.53. The lowest BCUT2D eigenvalue weighted by Gasteiger charge is -2.54. The standard InChI is InChI=1S/C15H25NO2/c1-11(2)13-15(3,4)14(18-13)12-7-6-8-16(12)9-10-17-5/h6-8,11,13-14H,9-10H2,1-5H3. The number of hydrogen-bond acceptors (Lipinski definition) is 2. The zero-order valence-electron chi connectivity index (χ0n) is 12.1. The molecule has 3 nitrogen and oxygen atoms in total. The van der Waals surface area contributed by atoms with Crippen LogP contribution in [-0.4, -0.2) is 24.4 Å². The van der Waals surface area contributed by atoms with Crippen molar-refractivity contribution in [2.24, 2.45) is 11.3 Å². The average Bonchev–Trinajstić information content (AvgIpc) is 2.72. The van der Waals surface area contributed by atoms with Gasteiger partial charge in [-0.15, -0.1) is 0 Å². The minimum atomic E-state index is 0.205. The predicted octanol–water partition coefficient (Wildman–Crippen LogP) is 3.26. The number of methoxy groups -OCH3 is 1. The number of aromatic nitrogens is 1. The van der Waals surface area contributed by atoms with Crippen molar-refractivity contribution in [3.8, 4) is 0 Å². The lowest BCUT2D eigenvalue weighted by molar-refractivity contribution is -0.257. The zero-order chi connectivity index (χ0) is 13.3. The Labute approximate surface area is 110 Å². The van der Waals surface area contributed by atoms with Gasteiger partial charge in [0.15, 0.2) is 0 Å². The van der Waals surface area contributed by atoms with Crippen molar-refractivity contribution in [3.05, 3.63) is 24.0 Å². The van der Waals surface area contributed by atoms with Gasteiger partial charge in [-0.25, -0.2) is 0 Å². The summed E-state index contributed by atoms with van der Waals surface area (Å²) in [6.07, 6.45) is 2.67. The third-order valence-corrected chi connectivity index (χ3v) is 3.97. The van der Waals surface area contributed by atoms with Gasteiger partial charge in [-0.1, -0.05) is 27.7 Å². The number of nitrogens with zero attached hydrogens (tertiary/aromatic N) is 1. The van der Waals surface area contributed by atoms with Crippen LogP contribution in [0.2, 0.25) is 0 Å². The SMILES string of the molecule is COCCn1cccc1C1OC(C(C)C)C1(C)C. The first kappa shape index (κ1) is 13.6. The molecule has 0 spiro atoms. The molecule has 2 unspecified atom stereocenters. The first-order valence-electron chi connectivity index (χ1n) is 6.78. The molecule has 0 saturated carbocycles. The van der Waals surface area contributed by atoms with Crippen LogP contribution >= 0.6 is 0 Å². The monoisotopic (exact) mass is 251 g/mol. The molecule has 1 aliphatic rings. The number of hydrogen-bond donors (Lipinski definition) is 0. The second-order valence-corrected chi connectivity index (χ2v) is 6.12. The lowest BCUT2D eigenvalue weighted by Crippen LogP contribution is -2.53. The third-order valence-electron chi connectivity index (χ3n) is 3.97. The van der Waals surface area contributed by atoms with Gasteiger partial charge in [-0.05, 0) is 18.1 Å². The summed E-state index contributed by atoms with van der Waals surface area (Å²) < 4.78 is 13.5. The van der Waals surface area contributed by atoms with Gasteiger partial charge in [-0.3, -0.25) is 0 Å². The van der Waals surface area contributed by atoms with Crippen LogP contribution in [0.25, 0.3) is 0 Å². The Morgan fingerprint density at radius 3 is 2.72 bits per heavy atom. The van der Waals surface area contributed by atoms with Crippen molar-refractivity contribution in [1.82, 2.24) is 4.57 Å². The second kappa shape index (κ2) is 5.06. The Bertz CT molecular complexity index is 395. The molecule has 0 bridgehead atoms. The van der Waals surface area contributed by atoms with Gasteiger partial charge < -0.3 is 14.0 Å². The molecule has 0 aromatic carbocycles. The molecular weight excluding hydrogens is 226 g/mol. The van der Waals surface area contributed by atoms with Gasteiger partial charge in [0.2, 0.25) is 0 Å². The van der Waals surface area contributed by atoms with Crippen LogP contribution in [0.1, 0.15) is 39.5 Å². The van der Waals surface area contributed by atoms with E-state index in [1.807, 2.05) is 0 Å². The summed E-state index contributed by atoms with van der Waals surface area (Å²) in [5, 5.41) is 0. The average molecular weight is 251 g/mol. The summed E-state index contributed by atoms with van der Waals surface area (Å²) in [7, 11) is 1.74. The van der Waals surface area contributed by atoms with Gasteiger partial charge in [0.1, 0.15) is 6.10 Å². The summed E-state index contributed by atoms with van der Waals surface area (Å²) in [4.78, 5) is 0. The van der Waals surface area contributed by atoms with E-state index in [0.717, 1.165) is 13.2 Å². The Kier molecular flexibility index (Phi) is 3.83. The maximum atomic E-state index is 6.12. The van der Waals surface area contributed by atoms with Crippen molar-refractivity contribution in [2.75, 3.05) is 13.7 Å². The van der Waals surface area contributed by atoms with Crippen LogP contribution in [0, 0.1) is 11.3 Å². The van der Waals surface area contributed by atoms with Crippen LogP contribution in [-0.2, 0) is 16.0 Å². The second-order valence-electron chi connectivity index (χ2n) is 6.12. The Balaban J connectivity index is 2.12. The highest BCUT2D eigenvalue weighted by molar-refractivity contribution is 5.18. The Hall–Kier alpha value is -0.800. The minimum absolute atomic E-state index is 0.205. The molecule has 2 atom stereocenters. The van der Waals surface area contributed by atoms with Gasteiger partial charge >= 0.3 is 0 Å². The van der Waals surface area contributed by atoms with E-state index < -0.39 is 0 Å². The predicted molar refractivity (Wildman–Crippen MR) is 72.5 cm³/mol. The molecular formula is C15H25NO2. The fourth-order valence-corrected chi connectivity index (χ4v) is 3.10. The van der Waals surface area contributed by atoms with E-state index in [2.05, 4.69) is 50.6 Å². The molecule has 1 aromatic heterocycles. The summed E-state index contributed by atoms with van der Waals surface area (Å²) in [6, 6.07) is 4.26. The van der Waals surface area contributed by atoms with E-state index in [4.69, 9.17) is 9.47 Å². The quantitative estimate of drug-likeness (QED) is 0.802. The number of ether oxygens (including phenoxy) is 2. The highest BCUT2D eigenvalue weighted by Gasteiger charge is 2.52. The Morgan fingerprint density at radius 1 is 1.44 bits per heavy atom. The maximum absolute atomic E-state index is 6.12. The molecule has 1 saturated heterocycles. The molecule has 0 radical (unpaired) electrons. The van der Waals surface area contributed by atoms with Crippen molar-refractivity contribution < 1.29 is 9.47 Å². The molecule has 0 aliphatic carbocycles. The third kappa shape index (κ3) is 2.21.